The van der Waals surface area contributed by atoms with Crippen molar-refractivity contribution >= 4 is 26.0 Å². The molecule has 0 unspecified atom stereocenters. The van der Waals surface area contributed by atoms with Crippen molar-refractivity contribution in [2.75, 3.05) is 39.8 Å². The standard InChI is InChI=1S/C20H38NO10P/c1-7-26-11-8-12-27-15(22)9-10-21-17(23)16-20(5,6)13-29-32(25,31-16)30-14-28-18(24)19(2,3)4/h16,25,32H,7-14H2,1-6H3,(H,21,23)/t16-/m0/s1. The van der Waals surface area contributed by atoms with Gasteiger partial charge in [0.15, 0.2) is 0 Å². The summed E-state index contributed by atoms with van der Waals surface area (Å²) in [5.74, 6) is -1.49. The third-order valence-corrected chi connectivity index (χ3v) is 5.94. The second kappa shape index (κ2) is 12.8. The monoisotopic (exact) mass is 483 g/mol. The van der Waals surface area contributed by atoms with E-state index in [0.29, 0.717) is 19.6 Å². The van der Waals surface area contributed by atoms with Crippen LogP contribution in [0, 0.1) is 10.8 Å². The minimum atomic E-state index is -4.21. The molecule has 0 radical (unpaired) electrons. The molecule has 0 aromatic rings. The summed E-state index contributed by atoms with van der Waals surface area (Å²) in [4.78, 5) is 46.7. The van der Waals surface area contributed by atoms with Gasteiger partial charge >= 0.3 is 176 Å². The van der Waals surface area contributed by atoms with Crippen LogP contribution in [0.1, 0.15) is 54.4 Å². The summed E-state index contributed by atoms with van der Waals surface area (Å²) in [6, 6.07) is 0. The first-order chi connectivity index (χ1) is 14.8. The van der Waals surface area contributed by atoms with Gasteiger partial charge in [-0.05, 0) is 6.92 Å². The fourth-order valence-corrected chi connectivity index (χ4v) is 4.20. The first-order valence-electron chi connectivity index (χ1n) is 10.7. The van der Waals surface area contributed by atoms with Crippen molar-refractivity contribution in [3.05, 3.63) is 0 Å². The third-order valence-electron chi connectivity index (χ3n) is 4.41. The Labute approximate surface area is 190 Å². The molecule has 0 spiro atoms. The van der Waals surface area contributed by atoms with Crippen molar-refractivity contribution in [2.45, 2.75) is 60.5 Å². The number of carbonyl (C=O) groups excluding carboxylic acids is 3. The van der Waals surface area contributed by atoms with Crippen molar-refractivity contribution < 1.29 is 47.1 Å². The predicted molar refractivity (Wildman–Crippen MR) is 116 cm³/mol. The van der Waals surface area contributed by atoms with Crippen LogP contribution in [0.5, 0.6) is 0 Å². The van der Waals surface area contributed by atoms with Gasteiger partial charge in [0.25, 0.3) is 0 Å². The Bertz CT molecular complexity index is 636. The van der Waals surface area contributed by atoms with Crippen molar-refractivity contribution in [1.82, 2.24) is 5.32 Å². The maximum atomic E-state index is 12.6. The topological polar surface area (TPSA) is 139 Å². The molecule has 1 aliphatic heterocycles. The minimum absolute atomic E-state index is 0.00895. The zero-order valence-corrected chi connectivity index (χ0v) is 20.9. The van der Waals surface area contributed by atoms with E-state index in [1.165, 1.54) is 0 Å². The molecular formula is C20H38NO10P. The van der Waals surface area contributed by atoms with Gasteiger partial charge in [-0.3, -0.25) is 0 Å². The maximum absolute atomic E-state index is 12.6. The van der Waals surface area contributed by atoms with Crippen LogP contribution in [-0.4, -0.2) is 68.6 Å². The van der Waals surface area contributed by atoms with Gasteiger partial charge in [0.2, 0.25) is 0 Å². The van der Waals surface area contributed by atoms with Crippen LogP contribution in [0.3, 0.4) is 0 Å². The van der Waals surface area contributed by atoms with Gasteiger partial charge in [0.1, 0.15) is 0 Å². The molecule has 1 aliphatic rings. The molecule has 188 valence electrons. The van der Waals surface area contributed by atoms with Crippen molar-refractivity contribution in [1.29, 1.82) is 0 Å². The summed E-state index contributed by atoms with van der Waals surface area (Å²) >= 11 is 0. The van der Waals surface area contributed by atoms with E-state index in [9.17, 15) is 19.3 Å². The Balaban J connectivity index is 2.48. The van der Waals surface area contributed by atoms with Crippen molar-refractivity contribution in [3.63, 3.8) is 0 Å². The molecule has 0 bridgehead atoms. The van der Waals surface area contributed by atoms with Crippen LogP contribution in [0.15, 0.2) is 0 Å². The molecule has 1 fully saturated rings. The number of amides is 1. The summed E-state index contributed by atoms with van der Waals surface area (Å²) in [5, 5.41) is 2.61. The molecule has 0 aromatic carbocycles. The number of esters is 2. The Hall–Kier alpha value is -1.36. The van der Waals surface area contributed by atoms with Gasteiger partial charge in [-0.15, -0.1) is 0 Å². The zero-order valence-electron chi connectivity index (χ0n) is 19.9. The molecule has 11 nitrogen and oxygen atoms in total. The van der Waals surface area contributed by atoms with Crippen LogP contribution in [-0.2, 0) is 42.2 Å². The molecule has 1 rings (SSSR count). The molecule has 2 N–H and O–H groups in total. The van der Waals surface area contributed by atoms with Gasteiger partial charge in [-0.2, -0.15) is 0 Å². The normalized spacial score (nSPS) is 20.8. The van der Waals surface area contributed by atoms with E-state index in [1.54, 1.807) is 34.6 Å². The SMILES string of the molecule is CCOCCCOC(=O)CCNC(=O)[C@@H]1O[PH](O)(OCOC(=O)C(C)(C)C)OCC1(C)C. The molecule has 1 saturated heterocycles. The Morgan fingerprint density at radius 1 is 1.19 bits per heavy atom. The first-order valence-corrected chi connectivity index (χ1v) is 12.3. The van der Waals surface area contributed by atoms with Gasteiger partial charge in [0, 0.05) is 6.61 Å². The van der Waals surface area contributed by atoms with Crippen LogP contribution in [0.2, 0.25) is 0 Å². The van der Waals surface area contributed by atoms with Gasteiger partial charge in [-0.1, -0.05) is 0 Å². The van der Waals surface area contributed by atoms with Crippen molar-refractivity contribution in [2.24, 2.45) is 10.8 Å². The zero-order chi connectivity index (χ0) is 24.4. The van der Waals surface area contributed by atoms with E-state index in [4.69, 9.17) is 27.8 Å². The average Bonchev–Trinajstić information content (AvgIpc) is 2.69. The summed E-state index contributed by atoms with van der Waals surface area (Å²) < 4.78 is 31.2. The van der Waals surface area contributed by atoms with Crippen LogP contribution in [0.25, 0.3) is 0 Å². The molecule has 12 heteroatoms. The summed E-state index contributed by atoms with van der Waals surface area (Å²) in [6.45, 7) is 11.2. The average molecular weight is 483 g/mol. The Morgan fingerprint density at radius 2 is 1.88 bits per heavy atom. The van der Waals surface area contributed by atoms with E-state index in [0.717, 1.165) is 0 Å². The molecule has 0 saturated carbocycles. The number of carbonyl (C=O) groups is 3. The molecule has 0 aromatic heterocycles. The van der Waals surface area contributed by atoms with Gasteiger partial charge < -0.3 is 0 Å². The second-order valence-corrected chi connectivity index (χ2v) is 10.9. The molecule has 1 amide bonds. The van der Waals surface area contributed by atoms with Crippen molar-refractivity contribution in [3.8, 4) is 0 Å². The van der Waals surface area contributed by atoms with Crippen LogP contribution >= 0.6 is 8.17 Å². The third kappa shape index (κ3) is 10.1. The summed E-state index contributed by atoms with van der Waals surface area (Å²) in [5.41, 5.74) is -1.51. The van der Waals surface area contributed by atoms with Gasteiger partial charge in [-0.25, -0.2) is 0 Å². The van der Waals surface area contributed by atoms with Gasteiger partial charge in [0.05, 0.1) is 0 Å². The van der Waals surface area contributed by atoms with E-state index < -0.39 is 49.7 Å². The van der Waals surface area contributed by atoms with E-state index in [-0.39, 0.29) is 26.2 Å². The quantitative estimate of drug-likeness (QED) is 0.183. The number of rotatable bonds is 12. The molecule has 0 aliphatic carbocycles. The molecule has 1 heterocycles. The molecule has 32 heavy (non-hydrogen) atoms. The van der Waals surface area contributed by atoms with Crippen LogP contribution < -0.4 is 5.32 Å². The second-order valence-electron chi connectivity index (χ2n) is 9.05. The predicted octanol–water partition coefficient (Wildman–Crippen LogP) is 1.87. The Morgan fingerprint density at radius 3 is 2.50 bits per heavy atom. The number of hydrogen-bond acceptors (Lipinski definition) is 10. The fourth-order valence-electron chi connectivity index (χ4n) is 2.50. The van der Waals surface area contributed by atoms with E-state index >= 15 is 0 Å². The van der Waals surface area contributed by atoms with Crippen LogP contribution in [0.4, 0.5) is 0 Å². The first kappa shape index (κ1) is 28.7. The van der Waals surface area contributed by atoms with E-state index in [2.05, 4.69) is 5.32 Å². The summed E-state index contributed by atoms with van der Waals surface area (Å²) in [7, 11) is -4.21. The fraction of sp³-hybridized carbons (Fsp3) is 0.850. The van der Waals surface area contributed by atoms with E-state index in [1.807, 2.05) is 6.92 Å². The Kier molecular flexibility index (Phi) is 11.4. The molecular weight excluding hydrogens is 445 g/mol. The number of ether oxygens (including phenoxy) is 3. The number of hydrogen-bond donors (Lipinski definition) is 2. The summed E-state index contributed by atoms with van der Waals surface area (Å²) in [6.07, 6.45) is -0.497. The molecule has 1 atom stereocenters. The number of nitrogens with one attached hydrogen (secondary N) is 1.